The average Bonchev–Trinajstić information content (AvgIpc) is 1.97. The zero-order valence-corrected chi connectivity index (χ0v) is 7.75. The fourth-order valence-electron chi connectivity index (χ4n) is 1.64. The lowest BCUT2D eigenvalue weighted by Gasteiger charge is -2.38. The summed E-state index contributed by atoms with van der Waals surface area (Å²) in [7, 11) is 4.36. The summed E-state index contributed by atoms with van der Waals surface area (Å²) in [5.41, 5.74) is 0. The molecule has 0 saturated carbocycles. The number of nitrogens with zero attached hydrogens (tertiary/aromatic N) is 2. The predicted octanol–water partition coefficient (Wildman–Crippen LogP) is 1.16. The predicted molar refractivity (Wildman–Crippen MR) is 48.5 cm³/mol. The van der Waals surface area contributed by atoms with Gasteiger partial charge in [0.1, 0.15) is 0 Å². The minimum absolute atomic E-state index is 0.522. The highest BCUT2D eigenvalue weighted by Crippen LogP contribution is 2.10. The summed E-state index contributed by atoms with van der Waals surface area (Å²) in [6, 6.07) is 0. The molecule has 0 radical (unpaired) electrons. The van der Waals surface area contributed by atoms with Crippen LogP contribution in [-0.4, -0.2) is 43.2 Å². The van der Waals surface area contributed by atoms with Gasteiger partial charge in [0.05, 0.1) is 6.17 Å². The van der Waals surface area contributed by atoms with Crippen molar-refractivity contribution in [3.05, 3.63) is 12.2 Å². The number of rotatable bonds is 1. The summed E-state index contributed by atoms with van der Waals surface area (Å²) in [5, 5.41) is 0. The first-order valence-electron chi connectivity index (χ1n) is 4.29. The Bertz CT molecular complexity index is 132. The van der Waals surface area contributed by atoms with Gasteiger partial charge in [-0.15, -0.1) is 0 Å². The summed E-state index contributed by atoms with van der Waals surface area (Å²) < 4.78 is 0. The lowest BCUT2D eigenvalue weighted by Crippen LogP contribution is -2.48. The molecule has 0 aromatic carbocycles. The van der Waals surface area contributed by atoms with E-state index in [9.17, 15) is 0 Å². The summed E-state index contributed by atoms with van der Waals surface area (Å²) in [5.74, 6) is 0. The van der Waals surface area contributed by atoms with Gasteiger partial charge in [-0.2, -0.15) is 0 Å². The summed E-state index contributed by atoms with van der Waals surface area (Å²) >= 11 is 0. The van der Waals surface area contributed by atoms with Crippen molar-refractivity contribution >= 4 is 0 Å². The van der Waals surface area contributed by atoms with E-state index < -0.39 is 0 Å². The fraction of sp³-hybridized carbons (Fsp3) is 0.778. The van der Waals surface area contributed by atoms with Crippen LogP contribution in [0.15, 0.2) is 12.2 Å². The molecule has 1 saturated heterocycles. The Morgan fingerprint density at radius 3 is 2.18 bits per heavy atom. The largest absolute Gasteiger partial charge is 0.288 e. The second kappa shape index (κ2) is 3.88. The first-order valence-corrected chi connectivity index (χ1v) is 4.29. The van der Waals surface area contributed by atoms with Crippen LogP contribution < -0.4 is 0 Å². The van der Waals surface area contributed by atoms with Gasteiger partial charge in [-0.3, -0.25) is 9.80 Å². The molecule has 1 heterocycles. The van der Waals surface area contributed by atoms with E-state index in [4.69, 9.17) is 0 Å². The van der Waals surface area contributed by atoms with E-state index in [1.807, 2.05) is 0 Å². The van der Waals surface area contributed by atoms with Gasteiger partial charge in [-0.1, -0.05) is 12.2 Å². The molecular weight excluding hydrogens is 136 g/mol. The summed E-state index contributed by atoms with van der Waals surface area (Å²) in [4.78, 5) is 4.76. The van der Waals surface area contributed by atoms with Crippen molar-refractivity contribution in [2.75, 3.05) is 27.2 Å². The van der Waals surface area contributed by atoms with Gasteiger partial charge in [0, 0.05) is 13.1 Å². The average molecular weight is 154 g/mol. The lowest BCUT2D eigenvalue weighted by atomic mass is 10.2. The zero-order valence-electron chi connectivity index (χ0n) is 7.75. The third kappa shape index (κ3) is 2.04. The van der Waals surface area contributed by atoms with Gasteiger partial charge < -0.3 is 0 Å². The van der Waals surface area contributed by atoms with Gasteiger partial charge in [0.15, 0.2) is 0 Å². The second-order valence-electron chi connectivity index (χ2n) is 3.25. The molecule has 0 amide bonds. The van der Waals surface area contributed by atoms with E-state index in [0.717, 1.165) is 0 Å². The van der Waals surface area contributed by atoms with Gasteiger partial charge in [0.25, 0.3) is 0 Å². The van der Waals surface area contributed by atoms with Crippen LogP contribution >= 0.6 is 0 Å². The summed E-state index contributed by atoms with van der Waals surface area (Å²) in [6.45, 7) is 4.52. The van der Waals surface area contributed by atoms with Crippen molar-refractivity contribution in [1.29, 1.82) is 0 Å². The molecule has 1 aliphatic heterocycles. The van der Waals surface area contributed by atoms with E-state index in [1.165, 1.54) is 19.5 Å². The molecule has 11 heavy (non-hydrogen) atoms. The Morgan fingerprint density at radius 2 is 1.73 bits per heavy atom. The standard InChI is InChI=1S/C9H18N2/c1-4-6-9-10(2)7-5-8-11(9)3/h4,6,9H,5,7-8H2,1-3H3/b6-4-. The van der Waals surface area contributed by atoms with Gasteiger partial charge in [0.2, 0.25) is 0 Å². The van der Waals surface area contributed by atoms with Crippen LogP contribution in [0.1, 0.15) is 13.3 Å². The highest BCUT2D eigenvalue weighted by Gasteiger charge is 2.20. The molecule has 1 rings (SSSR count). The fourth-order valence-corrected chi connectivity index (χ4v) is 1.64. The van der Waals surface area contributed by atoms with E-state index in [-0.39, 0.29) is 0 Å². The molecule has 0 spiro atoms. The molecule has 1 aliphatic rings. The highest BCUT2D eigenvalue weighted by atomic mass is 15.3. The number of hydrogen-bond acceptors (Lipinski definition) is 2. The molecule has 2 nitrogen and oxygen atoms in total. The molecule has 0 N–H and O–H groups in total. The van der Waals surface area contributed by atoms with Crippen molar-refractivity contribution in [1.82, 2.24) is 9.80 Å². The van der Waals surface area contributed by atoms with Crippen LogP contribution in [0, 0.1) is 0 Å². The van der Waals surface area contributed by atoms with Crippen molar-refractivity contribution in [3.8, 4) is 0 Å². The molecule has 64 valence electrons. The van der Waals surface area contributed by atoms with E-state index >= 15 is 0 Å². The SMILES string of the molecule is C/C=C\C1N(C)CCCN1C. The zero-order chi connectivity index (χ0) is 8.27. The molecule has 1 fully saturated rings. The molecule has 0 bridgehead atoms. The Balaban J connectivity index is 2.55. The monoisotopic (exact) mass is 154 g/mol. The topological polar surface area (TPSA) is 6.48 Å². The van der Waals surface area contributed by atoms with Crippen molar-refractivity contribution in [2.45, 2.75) is 19.5 Å². The normalized spacial score (nSPS) is 25.0. The Labute approximate surface area is 69.5 Å². The van der Waals surface area contributed by atoms with Crippen LogP contribution in [-0.2, 0) is 0 Å². The van der Waals surface area contributed by atoms with Gasteiger partial charge in [-0.25, -0.2) is 0 Å². The Morgan fingerprint density at radius 1 is 1.18 bits per heavy atom. The Kier molecular flexibility index (Phi) is 3.09. The molecular formula is C9H18N2. The Hall–Kier alpha value is -0.340. The van der Waals surface area contributed by atoms with Crippen LogP contribution in [0.2, 0.25) is 0 Å². The minimum atomic E-state index is 0.522. The summed E-state index contributed by atoms with van der Waals surface area (Å²) in [6.07, 6.45) is 6.19. The van der Waals surface area contributed by atoms with Gasteiger partial charge in [-0.05, 0) is 27.4 Å². The van der Waals surface area contributed by atoms with Crippen molar-refractivity contribution in [3.63, 3.8) is 0 Å². The lowest BCUT2D eigenvalue weighted by molar-refractivity contribution is 0.0764. The van der Waals surface area contributed by atoms with Crippen molar-refractivity contribution in [2.24, 2.45) is 0 Å². The molecule has 0 unspecified atom stereocenters. The first kappa shape index (κ1) is 8.75. The maximum Gasteiger partial charge on any atom is 0.0809 e. The maximum atomic E-state index is 2.38. The van der Waals surface area contributed by atoms with E-state index in [0.29, 0.717) is 6.17 Å². The minimum Gasteiger partial charge on any atom is -0.288 e. The molecule has 0 aromatic heterocycles. The van der Waals surface area contributed by atoms with E-state index in [1.54, 1.807) is 0 Å². The van der Waals surface area contributed by atoms with Crippen LogP contribution in [0.25, 0.3) is 0 Å². The van der Waals surface area contributed by atoms with E-state index in [2.05, 4.69) is 43.0 Å². The van der Waals surface area contributed by atoms with Crippen molar-refractivity contribution < 1.29 is 0 Å². The number of likely N-dealkylation sites (N-methyl/N-ethyl adjacent to an activating group) is 2. The van der Waals surface area contributed by atoms with Crippen LogP contribution in [0.4, 0.5) is 0 Å². The highest BCUT2D eigenvalue weighted by molar-refractivity contribution is 4.92. The first-order chi connectivity index (χ1) is 5.25. The van der Waals surface area contributed by atoms with Gasteiger partial charge >= 0.3 is 0 Å². The third-order valence-electron chi connectivity index (χ3n) is 2.29. The molecule has 2 heteroatoms. The van der Waals surface area contributed by atoms with Crippen LogP contribution in [0.3, 0.4) is 0 Å². The number of allylic oxidation sites excluding steroid dienone is 1. The third-order valence-corrected chi connectivity index (χ3v) is 2.29. The molecule has 0 aliphatic carbocycles. The quantitative estimate of drug-likeness (QED) is 0.523. The molecule has 0 atom stereocenters. The maximum absolute atomic E-state index is 2.38. The smallest absolute Gasteiger partial charge is 0.0809 e. The molecule has 0 aromatic rings. The number of hydrogen-bond donors (Lipinski definition) is 0. The second-order valence-corrected chi connectivity index (χ2v) is 3.25. The van der Waals surface area contributed by atoms with Crippen LogP contribution in [0.5, 0.6) is 0 Å².